The lowest BCUT2D eigenvalue weighted by atomic mass is 10.2. The number of methoxy groups -OCH3 is 1. The number of carbonyl (C=O) groups is 1. The number of thiazole rings is 1. The highest BCUT2D eigenvalue weighted by molar-refractivity contribution is 7.13. The average Bonchev–Trinajstić information content (AvgIpc) is 3.12. The Morgan fingerprint density at radius 1 is 1.25 bits per heavy atom. The molecule has 3 aromatic rings. The van der Waals surface area contributed by atoms with Gasteiger partial charge >= 0.3 is 0 Å². The van der Waals surface area contributed by atoms with Gasteiger partial charge in [0.05, 0.1) is 25.4 Å². The Hall–Kier alpha value is -3.39. The van der Waals surface area contributed by atoms with Crippen LogP contribution in [0.4, 0.5) is 5.13 Å². The van der Waals surface area contributed by atoms with Crippen LogP contribution in [0.1, 0.15) is 16.8 Å². The zero-order valence-corrected chi connectivity index (χ0v) is 16.1. The first-order valence-electron chi connectivity index (χ1n) is 8.50. The number of nitrogens with zero attached hydrogens (tertiary/aromatic N) is 2. The van der Waals surface area contributed by atoms with E-state index in [0.717, 1.165) is 11.1 Å². The fourth-order valence-electron chi connectivity index (χ4n) is 2.41. The fraction of sp³-hybridized carbons (Fsp3) is 0.150. The van der Waals surface area contributed by atoms with Crippen LogP contribution >= 0.6 is 11.3 Å². The zero-order chi connectivity index (χ0) is 19.8. The second-order valence-electron chi connectivity index (χ2n) is 5.83. The number of hydrazone groups is 1. The highest BCUT2D eigenvalue weighted by Gasteiger charge is 2.07. The zero-order valence-electron chi connectivity index (χ0n) is 15.3. The Balaban J connectivity index is 1.56. The summed E-state index contributed by atoms with van der Waals surface area (Å²) >= 11 is 1.30. The largest absolute Gasteiger partial charge is 0.493 e. The molecule has 0 radical (unpaired) electrons. The Kier molecular flexibility index (Phi) is 6.59. The van der Waals surface area contributed by atoms with E-state index in [1.807, 2.05) is 42.5 Å². The normalized spacial score (nSPS) is 10.8. The molecule has 1 heterocycles. The number of hydrogen-bond donors (Lipinski definition) is 2. The maximum Gasteiger partial charge on any atom is 0.246 e. The molecule has 1 aromatic heterocycles. The number of hydrogen-bond acceptors (Lipinski definition) is 7. The summed E-state index contributed by atoms with van der Waals surface area (Å²) in [5.41, 5.74) is 10.5. The molecule has 0 saturated heterocycles. The summed E-state index contributed by atoms with van der Waals surface area (Å²) < 4.78 is 11.2. The van der Waals surface area contributed by atoms with Crippen molar-refractivity contribution >= 4 is 28.6 Å². The molecule has 0 aliphatic rings. The van der Waals surface area contributed by atoms with Gasteiger partial charge < -0.3 is 15.2 Å². The van der Waals surface area contributed by atoms with Crippen molar-refractivity contribution in [2.24, 2.45) is 5.10 Å². The predicted molar refractivity (Wildman–Crippen MR) is 110 cm³/mol. The minimum absolute atomic E-state index is 0.126. The second-order valence-corrected chi connectivity index (χ2v) is 6.72. The third-order valence-electron chi connectivity index (χ3n) is 3.74. The molecule has 3 rings (SSSR count). The Bertz CT molecular complexity index is 957. The molecule has 7 nitrogen and oxygen atoms in total. The molecule has 3 N–H and O–H groups in total. The molecule has 0 spiro atoms. The van der Waals surface area contributed by atoms with Crippen molar-refractivity contribution in [2.75, 3.05) is 12.8 Å². The number of amides is 1. The van der Waals surface area contributed by atoms with Crippen LogP contribution < -0.4 is 20.6 Å². The van der Waals surface area contributed by atoms with E-state index in [2.05, 4.69) is 15.5 Å². The molecule has 0 unspecified atom stereocenters. The lowest BCUT2D eigenvalue weighted by Crippen LogP contribution is -2.19. The van der Waals surface area contributed by atoms with Gasteiger partial charge in [0.15, 0.2) is 16.6 Å². The molecule has 1 amide bonds. The quantitative estimate of drug-likeness (QED) is 0.450. The van der Waals surface area contributed by atoms with E-state index in [1.165, 1.54) is 17.6 Å². The number of ether oxygens (including phenoxy) is 2. The first kappa shape index (κ1) is 19.4. The Morgan fingerprint density at radius 3 is 2.79 bits per heavy atom. The summed E-state index contributed by atoms with van der Waals surface area (Å²) in [5.74, 6) is 0.953. The summed E-state index contributed by atoms with van der Waals surface area (Å²) in [7, 11) is 1.58. The summed E-state index contributed by atoms with van der Waals surface area (Å²) in [6.45, 7) is 0.446. The van der Waals surface area contributed by atoms with Crippen molar-refractivity contribution in [3.63, 3.8) is 0 Å². The van der Waals surface area contributed by atoms with Gasteiger partial charge in [0, 0.05) is 5.38 Å². The van der Waals surface area contributed by atoms with Crippen molar-refractivity contribution in [3.8, 4) is 11.5 Å². The molecule has 0 saturated carbocycles. The molecule has 28 heavy (non-hydrogen) atoms. The van der Waals surface area contributed by atoms with Crippen molar-refractivity contribution in [3.05, 3.63) is 70.7 Å². The van der Waals surface area contributed by atoms with E-state index < -0.39 is 0 Å². The number of benzene rings is 2. The number of carbonyl (C=O) groups excluding carboxylic acids is 1. The van der Waals surface area contributed by atoms with Gasteiger partial charge in [-0.2, -0.15) is 5.10 Å². The maximum atomic E-state index is 11.9. The smallest absolute Gasteiger partial charge is 0.246 e. The number of nitrogen functional groups attached to an aromatic ring is 1. The van der Waals surface area contributed by atoms with Crippen LogP contribution in [-0.4, -0.2) is 24.2 Å². The summed E-state index contributed by atoms with van der Waals surface area (Å²) in [4.78, 5) is 15.9. The van der Waals surface area contributed by atoms with Crippen LogP contribution in [0.25, 0.3) is 0 Å². The summed E-state index contributed by atoms with van der Waals surface area (Å²) in [6.07, 6.45) is 1.66. The lowest BCUT2D eigenvalue weighted by molar-refractivity contribution is -0.120. The highest BCUT2D eigenvalue weighted by Crippen LogP contribution is 2.28. The van der Waals surface area contributed by atoms with Crippen LogP contribution in [0.5, 0.6) is 11.5 Å². The van der Waals surface area contributed by atoms with Gasteiger partial charge in [-0.05, 0) is 29.3 Å². The van der Waals surface area contributed by atoms with Crippen LogP contribution in [0.3, 0.4) is 0 Å². The van der Waals surface area contributed by atoms with E-state index >= 15 is 0 Å². The van der Waals surface area contributed by atoms with Gasteiger partial charge in [-0.1, -0.05) is 30.3 Å². The second kappa shape index (κ2) is 9.52. The maximum absolute atomic E-state index is 11.9. The Morgan fingerprint density at radius 2 is 2.07 bits per heavy atom. The van der Waals surface area contributed by atoms with Gasteiger partial charge in [-0.25, -0.2) is 10.4 Å². The molecule has 2 aromatic carbocycles. The van der Waals surface area contributed by atoms with E-state index in [0.29, 0.717) is 28.9 Å². The minimum Gasteiger partial charge on any atom is -0.493 e. The van der Waals surface area contributed by atoms with E-state index in [1.54, 1.807) is 18.6 Å². The topological polar surface area (TPSA) is 98.8 Å². The number of aromatic nitrogens is 1. The van der Waals surface area contributed by atoms with E-state index in [4.69, 9.17) is 15.2 Å². The van der Waals surface area contributed by atoms with Gasteiger partial charge in [-0.15, -0.1) is 11.3 Å². The fourth-order valence-corrected chi connectivity index (χ4v) is 2.97. The monoisotopic (exact) mass is 396 g/mol. The molecular formula is C20H20N4O3S. The molecular weight excluding hydrogens is 376 g/mol. The van der Waals surface area contributed by atoms with Gasteiger partial charge in [0.25, 0.3) is 0 Å². The minimum atomic E-state index is -0.267. The van der Waals surface area contributed by atoms with Gasteiger partial charge in [0.2, 0.25) is 5.91 Å². The summed E-state index contributed by atoms with van der Waals surface area (Å²) in [5, 5.41) is 6.15. The lowest BCUT2D eigenvalue weighted by Gasteiger charge is -2.11. The molecule has 144 valence electrons. The van der Waals surface area contributed by atoms with Gasteiger partial charge in [0.1, 0.15) is 6.61 Å². The average molecular weight is 396 g/mol. The van der Waals surface area contributed by atoms with Crippen LogP contribution in [-0.2, 0) is 17.8 Å². The summed E-state index contributed by atoms with van der Waals surface area (Å²) in [6, 6.07) is 15.3. The first-order valence-corrected chi connectivity index (χ1v) is 9.38. The molecule has 0 aliphatic carbocycles. The van der Waals surface area contributed by atoms with Crippen molar-refractivity contribution in [1.29, 1.82) is 0 Å². The number of nitrogens with two attached hydrogens (primary N) is 1. The number of anilines is 1. The highest BCUT2D eigenvalue weighted by atomic mass is 32.1. The molecule has 0 bridgehead atoms. The number of rotatable bonds is 8. The van der Waals surface area contributed by atoms with E-state index in [9.17, 15) is 4.79 Å². The predicted octanol–water partition coefficient (Wildman–Crippen LogP) is 3.01. The van der Waals surface area contributed by atoms with Crippen LogP contribution in [0.2, 0.25) is 0 Å². The van der Waals surface area contributed by atoms with Crippen molar-refractivity contribution < 1.29 is 14.3 Å². The van der Waals surface area contributed by atoms with Crippen molar-refractivity contribution in [1.82, 2.24) is 10.4 Å². The SMILES string of the molecule is COc1cc(/C=N/NC(=O)Cc2csc(N)n2)ccc1OCc1ccccc1. The Labute approximate surface area is 166 Å². The first-order chi connectivity index (χ1) is 13.6. The molecule has 0 aliphatic heterocycles. The molecule has 8 heteroatoms. The van der Waals surface area contributed by atoms with Crippen LogP contribution in [0.15, 0.2) is 59.0 Å². The molecule has 0 fully saturated rings. The third-order valence-corrected chi connectivity index (χ3v) is 4.46. The third kappa shape index (κ3) is 5.55. The van der Waals surface area contributed by atoms with Gasteiger partial charge in [-0.3, -0.25) is 4.79 Å². The standard InChI is InChI=1S/C20H20N4O3S/c1-26-18-9-15(7-8-17(18)27-12-14-5-3-2-4-6-14)11-22-24-19(25)10-16-13-28-20(21)23-16/h2-9,11,13H,10,12H2,1H3,(H2,21,23)(H,24,25)/b22-11+. The van der Waals surface area contributed by atoms with E-state index in [-0.39, 0.29) is 12.3 Å². The number of nitrogens with one attached hydrogen (secondary N) is 1. The van der Waals surface area contributed by atoms with Crippen LogP contribution in [0, 0.1) is 0 Å². The van der Waals surface area contributed by atoms with Crippen molar-refractivity contribution in [2.45, 2.75) is 13.0 Å². The molecule has 0 atom stereocenters.